The molecule has 1 saturated heterocycles. The number of nitrogens with one attached hydrogen (secondary N) is 1. The third-order valence-electron chi connectivity index (χ3n) is 4.59. The molecule has 30 heavy (non-hydrogen) atoms. The Labute approximate surface area is 170 Å². The van der Waals surface area contributed by atoms with Crippen molar-refractivity contribution in [3.05, 3.63) is 64.5 Å². The zero-order valence-electron chi connectivity index (χ0n) is 15.9. The Balaban J connectivity index is 1.59. The summed E-state index contributed by atoms with van der Waals surface area (Å²) >= 11 is 0. The van der Waals surface area contributed by atoms with Crippen molar-refractivity contribution in [1.82, 2.24) is 0 Å². The number of benzene rings is 2. The van der Waals surface area contributed by atoms with Gasteiger partial charge in [0.15, 0.2) is 6.10 Å². The molecule has 3 rings (SSSR count). The molecule has 1 fully saturated rings. The molecule has 0 aliphatic carbocycles. The Hall–Kier alpha value is -3.82. The van der Waals surface area contributed by atoms with Crippen LogP contribution in [-0.4, -0.2) is 35.4 Å². The summed E-state index contributed by atoms with van der Waals surface area (Å²) in [5, 5.41) is 13.2. The smallest absolute Gasteiger partial charge is 0.312 e. The minimum atomic E-state index is -1.20. The molecule has 156 valence electrons. The summed E-state index contributed by atoms with van der Waals surface area (Å²) < 4.78 is 19.1. The van der Waals surface area contributed by atoms with Crippen LogP contribution in [0.25, 0.3) is 0 Å². The van der Waals surface area contributed by atoms with E-state index in [-0.39, 0.29) is 30.0 Å². The van der Waals surface area contributed by atoms with Crippen molar-refractivity contribution in [2.75, 3.05) is 16.8 Å². The number of nitro benzene ring substituents is 1. The maximum absolute atomic E-state index is 13.9. The van der Waals surface area contributed by atoms with Crippen molar-refractivity contribution in [3.63, 3.8) is 0 Å². The van der Waals surface area contributed by atoms with Gasteiger partial charge in [0.05, 0.1) is 16.5 Å². The first-order valence-electron chi connectivity index (χ1n) is 9.07. The summed E-state index contributed by atoms with van der Waals surface area (Å²) in [5.41, 5.74) is 0.0586. The second kappa shape index (κ2) is 8.68. The first-order chi connectivity index (χ1) is 14.3. The van der Waals surface area contributed by atoms with Crippen molar-refractivity contribution < 1.29 is 28.4 Å². The largest absolute Gasteiger partial charge is 0.452 e. The summed E-state index contributed by atoms with van der Waals surface area (Å²) in [5.74, 6) is -3.28. The number of carbonyl (C=O) groups is 3. The van der Waals surface area contributed by atoms with E-state index in [0.717, 1.165) is 0 Å². The Morgan fingerprint density at radius 2 is 2.00 bits per heavy atom. The number of esters is 1. The number of non-ortho nitro benzene ring substituents is 1. The van der Waals surface area contributed by atoms with E-state index >= 15 is 0 Å². The number of anilines is 2. The van der Waals surface area contributed by atoms with Gasteiger partial charge in [-0.15, -0.1) is 0 Å². The molecule has 0 unspecified atom stereocenters. The molecule has 1 aliphatic heterocycles. The molecule has 2 atom stereocenters. The van der Waals surface area contributed by atoms with Crippen molar-refractivity contribution >= 4 is 34.8 Å². The molecule has 1 aliphatic rings. The van der Waals surface area contributed by atoms with Crippen LogP contribution in [0.15, 0.2) is 48.5 Å². The third-order valence-corrected chi connectivity index (χ3v) is 4.59. The highest BCUT2D eigenvalue weighted by Gasteiger charge is 2.38. The second-order valence-electron chi connectivity index (χ2n) is 6.73. The van der Waals surface area contributed by atoms with Gasteiger partial charge < -0.3 is 15.0 Å². The molecule has 0 bridgehead atoms. The van der Waals surface area contributed by atoms with Crippen LogP contribution >= 0.6 is 0 Å². The molecule has 0 radical (unpaired) electrons. The number of carbonyl (C=O) groups excluding carboxylic acids is 3. The Bertz CT molecular complexity index is 1010. The van der Waals surface area contributed by atoms with Crippen LogP contribution in [0, 0.1) is 21.8 Å². The maximum atomic E-state index is 13.9. The van der Waals surface area contributed by atoms with E-state index in [4.69, 9.17) is 4.74 Å². The van der Waals surface area contributed by atoms with E-state index in [2.05, 4.69) is 5.32 Å². The normalized spacial score (nSPS) is 16.8. The predicted molar refractivity (Wildman–Crippen MR) is 104 cm³/mol. The van der Waals surface area contributed by atoms with E-state index in [1.165, 1.54) is 54.3 Å². The molecule has 1 heterocycles. The van der Waals surface area contributed by atoms with Gasteiger partial charge in [-0.1, -0.05) is 18.2 Å². The van der Waals surface area contributed by atoms with Gasteiger partial charge in [-0.3, -0.25) is 24.5 Å². The van der Waals surface area contributed by atoms with Gasteiger partial charge in [-0.25, -0.2) is 4.39 Å². The quantitative estimate of drug-likeness (QED) is 0.440. The van der Waals surface area contributed by atoms with Crippen LogP contribution in [-0.2, 0) is 19.1 Å². The highest BCUT2D eigenvalue weighted by atomic mass is 19.1. The standard InChI is InChI=1S/C20H18FN3O6/c1-12(19(26)22-14-5-4-6-15(10-14)24(28)29)30-20(27)13-9-18(25)23(11-13)17-8-3-2-7-16(17)21/h2-8,10,12-13H,9,11H2,1H3,(H,22,26)/t12-,13+/m0/s1. The monoisotopic (exact) mass is 415 g/mol. The molecule has 2 amide bonds. The van der Waals surface area contributed by atoms with Gasteiger partial charge in [-0.2, -0.15) is 0 Å². The Morgan fingerprint density at radius 1 is 1.27 bits per heavy atom. The lowest BCUT2D eigenvalue weighted by Gasteiger charge is -2.18. The third kappa shape index (κ3) is 4.59. The van der Waals surface area contributed by atoms with Crippen LogP contribution in [0.4, 0.5) is 21.5 Å². The van der Waals surface area contributed by atoms with E-state index in [9.17, 15) is 28.9 Å². The van der Waals surface area contributed by atoms with E-state index in [1.54, 1.807) is 6.07 Å². The van der Waals surface area contributed by atoms with Crippen LogP contribution in [0.5, 0.6) is 0 Å². The lowest BCUT2D eigenvalue weighted by molar-refractivity contribution is -0.384. The number of hydrogen-bond acceptors (Lipinski definition) is 6. The SMILES string of the molecule is C[C@H](OC(=O)[C@@H]1CC(=O)N(c2ccccc2F)C1)C(=O)Nc1cccc([N+](=O)[O-])c1. The maximum Gasteiger partial charge on any atom is 0.312 e. The fraction of sp³-hybridized carbons (Fsp3) is 0.250. The molecule has 1 N–H and O–H groups in total. The van der Waals surface area contributed by atoms with Gasteiger partial charge in [0.2, 0.25) is 5.91 Å². The number of ether oxygens (including phenoxy) is 1. The van der Waals surface area contributed by atoms with Crippen LogP contribution in [0.2, 0.25) is 0 Å². The minimum Gasteiger partial charge on any atom is -0.452 e. The van der Waals surface area contributed by atoms with Gasteiger partial charge in [0.1, 0.15) is 5.82 Å². The summed E-state index contributed by atoms with van der Waals surface area (Å²) in [6.45, 7) is 1.29. The molecule has 10 heteroatoms. The first-order valence-corrected chi connectivity index (χ1v) is 9.07. The fourth-order valence-corrected chi connectivity index (χ4v) is 3.03. The lowest BCUT2D eigenvalue weighted by atomic mass is 10.1. The van der Waals surface area contributed by atoms with Crippen LogP contribution < -0.4 is 10.2 Å². The number of hydrogen-bond donors (Lipinski definition) is 1. The molecule has 9 nitrogen and oxygen atoms in total. The highest BCUT2D eigenvalue weighted by molar-refractivity contribution is 6.00. The summed E-state index contributed by atoms with van der Waals surface area (Å²) in [7, 11) is 0. The molecule has 0 spiro atoms. The van der Waals surface area contributed by atoms with Crippen LogP contribution in [0.3, 0.4) is 0 Å². The van der Waals surface area contributed by atoms with Crippen LogP contribution in [0.1, 0.15) is 13.3 Å². The zero-order valence-corrected chi connectivity index (χ0v) is 15.9. The van der Waals surface area contributed by atoms with Gasteiger partial charge in [0.25, 0.3) is 11.6 Å². The predicted octanol–water partition coefficient (Wildman–Crippen LogP) is 2.66. The summed E-state index contributed by atoms with van der Waals surface area (Å²) in [4.78, 5) is 48.2. The molecule has 0 aromatic heterocycles. The topological polar surface area (TPSA) is 119 Å². The minimum absolute atomic E-state index is 0.0577. The van der Waals surface area contributed by atoms with Gasteiger partial charge >= 0.3 is 5.97 Å². The molecule has 0 saturated carbocycles. The number of rotatable bonds is 6. The van der Waals surface area contributed by atoms with E-state index in [1.807, 2.05) is 0 Å². The van der Waals surface area contributed by atoms with E-state index < -0.39 is 40.5 Å². The summed E-state index contributed by atoms with van der Waals surface area (Å²) in [6.07, 6.45) is -1.36. The van der Waals surface area contributed by atoms with Crippen molar-refractivity contribution in [3.8, 4) is 0 Å². The lowest BCUT2D eigenvalue weighted by Crippen LogP contribution is -2.33. The summed E-state index contributed by atoms with van der Waals surface area (Å²) in [6, 6.07) is 11.0. The van der Waals surface area contributed by atoms with Crippen molar-refractivity contribution in [2.45, 2.75) is 19.4 Å². The van der Waals surface area contributed by atoms with Crippen molar-refractivity contribution in [2.24, 2.45) is 5.92 Å². The number of nitrogens with zero attached hydrogens (tertiary/aromatic N) is 2. The molecule has 2 aromatic carbocycles. The highest BCUT2D eigenvalue weighted by Crippen LogP contribution is 2.28. The van der Waals surface area contributed by atoms with Gasteiger partial charge in [-0.05, 0) is 25.1 Å². The molecule has 2 aromatic rings. The average Bonchev–Trinajstić information content (AvgIpc) is 3.10. The van der Waals surface area contributed by atoms with Crippen molar-refractivity contribution in [1.29, 1.82) is 0 Å². The Kier molecular flexibility index (Phi) is 6.05. The first kappa shape index (κ1) is 20.9. The zero-order chi connectivity index (χ0) is 21.8. The number of halogens is 1. The number of nitro groups is 1. The molecular formula is C20H18FN3O6. The van der Waals surface area contributed by atoms with E-state index in [0.29, 0.717) is 0 Å². The fourth-order valence-electron chi connectivity index (χ4n) is 3.03. The second-order valence-corrected chi connectivity index (χ2v) is 6.73. The average molecular weight is 415 g/mol. The van der Waals surface area contributed by atoms with Gasteiger partial charge in [0, 0.05) is 30.8 Å². The Morgan fingerprint density at radius 3 is 2.70 bits per heavy atom. The number of amides is 2. The number of para-hydroxylation sites is 1. The molecular weight excluding hydrogens is 397 g/mol.